The quantitative estimate of drug-likeness (QED) is 0.549. The molecule has 0 unspecified atom stereocenters. The maximum Gasteiger partial charge on any atom is 0.134 e. The van der Waals surface area contributed by atoms with Crippen LogP contribution in [0.4, 0.5) is 0 Å². The third kappa shape index (κ3) is 1.80. The summed E-state index contributed by atoms with van der Waals surface area (Å²) in [6.45, 7) is 0. The molecule has 4 heteroatoms. The molecule has 0 aliphatic heterocycles. The van der Waals surface area contributed by atoms with E-state index in [9.17, 15) is 0 Å². The van der Waals surface area contributed by atoms with Gasteiger partial charge in [0.2, 0.25) is 0 Å². The van der Waals surface area contributed by atoms with Crippen molar-refractivity contribution in [3.63, 3.8) is 0 Å². The lowest BCUT2D eigenvalue weighted by Crippen LogP contribution is -1.75. The molecular formula is C15H10N2S2. The summed E-state index contributed by atoms with van der Waals surface area (Å²) in [6, 6.07) is 12.5. The first-order valence-electron chi connectivity index (χ1n) is 5.98. The number of para-hydroxylation sites is 1. The van der Waals surface area contributed by atoms with Crippen LogP contribution in [0.2, 0.25) is 0 Å². The predicted octanol–water partition coefficient (Wildman–Crippen LogP) is 5.02. The van der Waals surface area contributed by atoms with E-state index in [1.54, 1.807) is 22.7 Å². The van der Waals surface area contributed by atoms with Gasteiger partial charge in [-0.3, -0.25) is 0 Å². The van der Waals surface area contributed by atoms with E-state index >= 15 is 0 Å². The Morgan fingerprint density at radius 3 is 2.84 bits per heavy atom. The average molecular weight is 282 g/mol. The Morgan fingerprint density at radius 2 is 1.95 bits per heavy atom. The first-order chi connectivity index (χ1) is 9.42. The van der Waals surface area contributed by atoms with Crippen LogP contribution in [0, 0.1) is 0 Å². The fourth-order valence-corrected chi connectivity index (χ4v) is 3.83. The molecule has 0 radical (unpaired) electrons. The van der Waals surface area contributed by atoms with Crippen molar-refractivity contribution in [1.82, 2.24) is 9.97 Å². The molecule has 0 atom stereocenters. The molecule has 19 heavy (non-hydrogen) atoms. The summed E-state index contributed by atoms with van der Waals surface area (Å²) < 4.78 is 0. The number of aromatic nitrogens is 2. The molecule has 92 valence electrons. The largest absolute Gasteiger partial charge is 0.360 e. The number of rotatable bonds is 2. The number of benzene rings is 1. The molecule has 3 heterocycles. The number of aromatic amines is 1. The molecule has 2 nitrogen and oxygen atoms in total. The lowest BCUT2D eigenvalue weighted by Gasteiger charge is -1.93. The molecule has 0 amide bonds. The molecule has 1 aromatic carbocycles. The highest BCUT2D eigenvalue weighted by Crippen LogP contribution is 2.34. The second-order valence-corrected chi connectivity index (χ2v) is 6.07. The Morgan fingerprint density at radius 1 is 1.00 bits per heavy atom. The number of nitrogens with zero attached hydrogens (tertiary/aromatic N) is 1. The van der Waals surface area contributed by atoms with Crippen LogP contribution in [-0.4, -0.2) is 9.97 Å². The maximum atomic E-state index is 4.75. The summed E-state index contributed by atoms with van der Waals surface area (Å²) >= 11 is 3.43. The second-order valence-electron chi connectivity index (χ2n) is 4.26. The Kier molecular flexibility index (Phi) is 2.50. The Balaban J connectivity index is 1.85. The van der Waals surface area contributed by atoms with Crippen molar-refractivity contribution in [2.24, 2.45) is 0 Å². The Hall–Kier alpha value is -1.91. The molecule has 0 saturated carbocycles. The predicted molar refractivity (Wildman–Crippen MR) is 82.7 cm³/mol. The zero-order valence-corrected chi connectivity index (χ0v) is 11.6. The number of H-pyrrole nitrogens is 1. The lowest BCUT2D eigenvalue weighted by atomic mass is 10.1. The van der Waals surface area contributed by atoms with E-state index in [4.69, 9.17) is 4.98 Å². The first kappa shape index (κ1) is 11.0. The van der Waals surface area contributed by atoms with Crippen LogP contribution in [0.3, 0.4) is 0 Å². The van der Waals surface area contributed by atoms with Gasteiger partial charge in [0, 0.05) is 28.0 Å². The molecule has 3 aromatic heterocycles. The zero-order chi connectivity index (χ0) is 12.7. The molecule has 0 bridgehead atoms. The minimum absolute atomic E-state index is 1.05. The van der Waals surface area contributed by atoms with Crippen LogP contribution in [0.5, 0.6) is 0 Å². The minimum Gasteiger partial charge on any atom is -0.360 e. The molecular weight excluding hydrogens is 272 g/mol. The van der Waals surface area contributed by atoms with Crippen molar-refractivity contribution in [2.75, 3.05) is 0 Å². The van der Waals surface area contributed by atoms with Gasteiger partial charge in [-0.1, -0.05) is 24.3 Å². The van der Waals surface area contributed by atoms with E-state index < -0.39 is 0 Å². The van der Waals surface area contributed by atoms with Crippen LogP contribution in [0.15, 0.2) is 53.4 Å². The second kappa shape index (κ2) is 4.33. The fraction of sp³-hybridized carbons (Fsp3) is 0. The molecule has 4 aromatic rings. The van der Waals surface area contributed by atoms with Crippen molar-refractivity contribution >= 4 is 33.6 Å². The molecule has 0 aliphatic rings. The number of thiazole rings is 1. The SMILES string of the molecule is c1csc(-c2nc(-c3c[nH]c4ccccc34)cs2)c1. The number of fused-ring (bicyclic) bond motifs is 1. The molecule has 4 rings (SSSR count). The van der Waals surface area contributed by atoms with Crippen LogP contribution in [0.1, 0.15) is 0 Å². The summed E-state index contributed by atoms with van der Waals surface area (Å²) in [7, 11) is 0. The summed E-state index contributed by atoms with van der Waals surface area (Å²) in [5.41, 5.74) is 3.38. The summed E-state index contributed by atoms with van der Waals surface area (Å²) in [5.74, 6) is 0. The van der Waals surface area contributed by atoms with Crippen molar-refractivity contribution in [1.29, 1.82) is 0 Å². The summed E-state index contributed by atoms with van der Waals surface area (Å²) in [5, 5.41) is 6.54. The van der Waals surface area contributed by atoms with Gasteiger partial charge in [-0.15, -0.1) is 22.7 Å². The Bertz CT molecular complexity index is 825. The lowest BCUT2D eigenvalue weighted by molar-refractivity contribution is 1.41. The number of hydrogen-bond acceptors (Lipinski definition) is 3. The molecule has 1 N–H and O–H groups in total. The first-order valence-corrected chi connectivity index (χ1v) is 7.73. The highest BCUT2D eigenvalue weighted by Gasteiger charge is 2.10. The van der Waals surface area contributed by atoms with Crippen LogP contribution < -0.4 is 0 Å². The monoisotopic (exact) mass is 282 g/mol. The van der Waals surface area contributed by atoms with Gasteiger partial charge >= 0.3 is 0 Å². The zero-order valence-electron chi connectivity index (χ0n) is 9.96. The van der Waals surface area contributed by atoms with E-state index in [0.717, 1.165) is 16.2 Å². The normalized spacial score (nSPS) is 11.2. The minimum atomic E-state index is 1.05. The van der Waals surface area contributed by atoms with Crippen LogP contribution in [0.25, 0.3) is 32.0 Å². The smallest absolute Gasteiger partial charge is 0.134 e. The van der Waals surface area contributed by atoms with Crippen molar-refractivity contribution in [3.05, 3.63) is 53.4 Å². The molecule has 0 spiro atoms. The fourth-order valence-electron chi connectivity index (χ4n) is 2.19. The maximum absolute atomic E-state index is 4.75. The standard InChI is InChI=1S/C15H10N2S2/c1-2-5-12-10(4-1)11(8-16-12)13-9-19-15(17-13)14-6-3-7-18-14/h1-9,16H. The van der Waals surface area contributed by atoms with E-state index in [0.29, 0.717) is 0 Å². The summed E-state index contributed by atoms with van der Waals surface area (Å²) in [4.78, 5) is 9.28. The van der Waals surface area contributed by atoms with E-state index in [1.807, 2.05) is 12.3 Å². The van der Waals surface area contributed by atoms with Gasteiger partial charge in [0.05, 0.1) is 10.6 Å². The molecule has 0 aliphatic carbocycles. The van der Waals surface area contributed by atoms with E-state index in [2.05, 4.69) is 46.1 Å². The highest BCUT2D eigenvalue weighted by atomic mass is 32.1. The van der Waals surface area contributed by atoms with Gasteiger partial charge in [0.1, 0.15) is 5.01 Å². The number of hydrogen-bond donors (Lipinski definition) is 1. The van der Waals surface area contributed by atoms with Gasteiger partial charge < -0.3 is 4.98 Å². The van der Waals surface area contributed by atoms with Gasteiger partial charge in [0.15, 0.2) is 0 Å². The van der Waals surface area contributed by atoms with Gasteiger partial charge in [0.25, 0.3) is 0 Å². The third-order valence-corrected chi connectivity index (χ3v) is 4.98. The average Bonchev–Trinajstić information content (AvgIpc) is 3.18. The van der Waals surface area contributed by atoms with Crippen molar-refractivity contribution < 1.29 is 0 Å². The highest BCUT2D eigenvalue weighted by molar-refractivity contribution is 7.20. The topological polar surface area (TPSA) is 28.7 Å². The number of thiophene rings is 1. The van der Waals surface area contributed by atoms with Crippen LogP contribution in [-0.2, 0) is 0 Å². The van der Waals surface area contributed by atoms with Crippen molar-refractivity contribution in [2.45, 2.75) is 0 Å². The third-order valence-electron chi connectivity index (χ3n) is 3.10. The van der Waals surface area contributed by atoms with E-state index in [-0.39, 0.29) is 0 Å². The van der Waals surface area contributed by atoms with Gasteiger partial charge in [-0.2, -0.15) is 0 Å². The molecule has 0 saturated heterocycles. The van der Waals surface area contributed by atoms with Gasteiger partial charge in [-0.05, 0) is 17.5 Å². The Labute approximate surface area is 118 Å². The summed E-state index contributed by atoms with van der Waals surface area (Å²) in [6.07, 6.45) is 2.04. The van der Waals surface area contributed by atoms with Crippen LogP contribution >= 0.6 is 22.7 Å². The molecule has 0 fully saturated rings. The van der Waals surface area contributed by atoms with Crippen molar-refractivity contribution in [3.8, 4) is 21.1 Å². The van der Waals surface area contributed by atoms with E-state index in [1.165, 1.54) is 15.8 Å². The van der Waals surface area contributed by atoms with Gasteiger partial charge in [-0.25, -0.2) is 4.98 Å². The number of nitrogens with one attached hydrogen (secondary N) is 1.